The third-order valence-corrected chi connectivity index (χ3v) is 5.28. The molecule has 4 rings (SSSR count). The second-order valence-electron chi connectivity index (χ2n) is 7.54. The maximum absolute atomic E-state index is 13.2. The van der Waals surface area contributed by atoms with Crippen LogP contribution in [0.2, 0.25) is 0 Å². The summed E-state index contributed by atoms with van der Waals surface area (Å²) in [4.78, 5) is 26.4. The van der Waals surface area contributed by atoms with Gasteiger partial charge in [0.15, 0.2) is 11.5 Å². The van der Waals surface area contributed by atoms with E-state index in [-0.39, 0.29) is 11.9 Å². The molecule has 7 heteroatoms. The molecule has 7 nitrogen and oxygen atoms in total. The Morgan fingerprint density at radius 2 is 2.15 bits per heavy atom. The van der Waals surface area contributed by atoms with Crippen LogP contribution < -0.4 is 0 Å². The number of likely N-dealkylation sites (tertiary alicyclic amines) is 1. The molecule has 1 atom stereocenters. The lowest BCUT2D eigenvalue weighted by Crippen LogP contribution is -2.32. The fraction of sp³-hybridized carbons (Fsp3) is 0.579. The average molecular weight is 354 g/mol. The summed E-state index contributed by atoms with van der Waals surface area (Å²) >= 11 is 0. The van der Waals surface area contributed by atoms with Crippen molar-refractivity contribution in [3.05, 3.63) is 40.7 Å². The predicted molar refractivity (Wildman–Crippen MR) is 97.7 cm³/mol. The quantitative estimate of drug-likeness (QED) is 0.910. The summed E-state index contributed by atoms with van der Waals surface area (Å²) in [5, 5.41) is 7.45. The smallest absolute Gasteiger partial charge is 0.275 e. The van der Waals surface area contributed by atoms with Gasteiger partial charge in [-0.2, -0.15) is 5.10 Å². The summed E-state index contributed by atoms with van der Waals surface area (Å²) in [6, 6.07) is 1.88. The molecular weight excluding hydrogens is 328 g/mol. The van der Waals surface area contributed by atoms with Gasteiger partial charge in [0.25, 0.3) is 5.91 Å². The van der Waals surface area contributed by atoms with Gasteiger partial charge in [-0.1, -0.05) is 0 Å². The maximum atomic E-state index is 13.2. The van der Waals surface area contributed by atoms with E-state index in [0.29, 0.717) is 5.69 Å². The highest BCUT2D eigenvalue weighted by Gasteiger charge is 2.35. The molecule has 1 N–H and O–H groups in total. The van der Waals surface area contributed by atoms with Crippen LogP contribution >= 0.6 is 0 Å². The number of hydrogen-bond donors (Lipinski definition) is 1. The summed E-state index contributed by atoms with van der Waals surface area (Å²) in [6.45, 7) is 1.51. The van der Waals surface area contributed by atoms with Crippen LogP contribution in [0.15, 0.2) is 12.3 Å². The molecule has 1 aliphatic carbocycles. The molecule has 1 unspecified atom stereocenters. The van der Waals surface area contributed by atoms with E-state index in [1.54, 1.807) is 6.20 Å². The Balaban J connectivity index is 1.59. The molecule has 3 heterocycles. The fourth-order valence-corrected chi connectivity index (χ4v) is 4.06. The number of fused-ring (bicyclic) bond motifs is 1. The van der Waals surface area contributed by atoms with Crippen LogP contribution in [-0.2, 0) is 19.4 Å². The first-order valence-electron chi connectivity index (χ1n) is 9.47. The Kier molecular flexibility index (Phi) is 4.72. The minimum absolute atomic E-state index is 0.0218. The Morgan fingerprint density at radius 3 is 3.00 bits per heavy atom. The van der Waals surface area contributed by atoms with Crippen LogP contribution in [0, 0.1) is 0 Å². The second kappa shape index (κ2) is 7.15. The number of hydrogen-bond acceptors (Lipinski definition) is 5. The Bertz CT molecular complexity index is 799. The third-order valence-electron chi connectivity index (χ3n) is 5.28. The molecule has 0 spiro atoms. The number of amides is 1. The number of carbonyl (C=O) groups excluding carboxylic acids is 1. The van der Waals surface area contributed by atoms with Crippen LogP contribution in [0.1, 0.15) is 65.0 Å². The highest BCUT2D eigenvalue weighted by Crippen LogP contribution is 2.32. The standard InChI is InChI=1S/C19H26N6O/c1-24(2)12-13-9-10-20-18(21-13)16-8-5-11-25(16)19(26)17-14-6-3-4-7-15(14)22-23-17/h9-10,16H,3-8,11-12H2,1-2H3,(H,22,23). The molecule has 0 bridgehead atoms. The first-order valence-corrected chi connectivity index (χ1v) is 9.47. The highest BCUT2D eigenvalue weighted by atomic mass is 16.2. The van der Waals surface area contributed by atoms with Gasteiger partial charge in [-0.25, -0.2) is 9.97 Å². The van der Waals surface area contributed by atoms with Crippen LogP contribution in [0.4, 0.5) is 0 Å². The third kappa shape index (κ3) is 3.23. The minimum Gasteiger partial charge on any atom is -0.327 e. The lowest BCUT2D eigenvalue weighted by atomic mass is 9.95. The normalized spacial score (nSPS) is 19.8. The number of rotatable bonds is 4. The first kappa shape index (κ1) is 17.1. The molecule has 1 amide bonds. The van der Waals surface area contributed by atoms with Crippen molar-refractivity contribution in [3.8, 4) is 0 Å². The van der Waals surface area contributed by atoms with Crippen molar-refractivity contribution in [2.45, 2.75) is 51.1 Å². The molecule has 0 saturated carbocycles. The molecule has 2 aliphatic rings. The number of carbonyl (C=O) groups is 1. The molecule has 0 radical (unpaired) electrons. The number of aromatic nitrogens is 4. The number of H-pyrrole nitrogens is 1. The molecule has 1 saturated heterocycles. The van der Waals surface area contributed by atoms with Gasteiger partial charge in [0, 0.05) is 30.5 Å². The van der Waals surface area contributed by atoms with Gasteiger partial charge in [-0.05, 0) is 58.7 Å². The highest BCUT2D eigenvalue weighted by molar-refractivity contribution is 5.94. The van der Waals surface area contributed by atoms with Crippen molar-refractivity contribution in [2.75, 3.05) is 20.6 Å². The van der Waals surface area contributed by atoms with Crippen molar-refractivity contribution in [2.24, 2.45) is 0 Å². The van der Waals surface area contributed by atoms with E-state index in [1.165, 1.54) is 6.42 Å². The molecular formula is C19H26N6O. The maximum Gasteiger partial charge on any atom is 0.275 e. The van der Waals surface area contributed by atoms with Crippen molar-refractivity contribution >= 4 is 5.91 Å². The fourth-order valence-electron chi connectivity index (χ4n) is 4.06. The minimum atomic E-state index is -0.0550. The molecule has 0 aromatic carbocycles. The van der Waals surface area contributed by atoms with Gasteiger partial charge in [-0.15, -0.1) is 0 Å². The van der Waals surface area contributed by atoms with Crippen LogP contribution in [0.5, 0.6) is 0 Å². The number of nitrogens with zero attached hydrogens (tertiary/aromatic N) is 5. The van der Waals surface area contributed by atoms with Crippen molar-refractivity contribution in [1.29, 1.82) is 0 Å². The van der Waals surface area contributed by atoms with E-state index in [9.17, 15) is 4.79 Å². The number of aryl methyl sites for hydroxylation is 1. The van der Waals surface area contributed by atoms with Crippen molar-refractivity contribution < 1.29 is 4.79 Å². The molecule has 138 valence electrons. The molecule has 2 aromatic heterocycles. The number of aromatic amines is 1. The predicted octanol–water partition coefficient (Wildman–Crippen LogP) is 2.12. The topological polar surface area (TPSA) is 78.0 Å². The average Bonchev–Trinajstić information content (AvgIpc) is 3.28. The molecule has 2 aromatic rings. The van der Waals surface area contributed by atoms with E-state index in [4.69, 9.17) is 4.98 Å². The largest absolute Gasteiger partial charge is 0.327 e. The summed E-state index contributed by atoms with van der Waals surface area (Å²) in [7, 11) is 4.04. The van der Waals surface area contributed by atoms with E-state index in [1.807, 2.05) is 25.1 Å². The van der Waals surface area contributed by atoms with Gasteiger partial charge < -0.3 is 9.80 Å². The zero-order valence-corrected chi connectivity index (χ0v) is 15.5. The zero-order chi connectivity index (χ0) is 18.1. The van der Waals surface area contributed by atoms with Gasteiger partial charge in [-0.3, -0.25) is 9.89 Å². The Morgan fingerprint density at radius 1 is 1.31 bits per heavy atom. The summed E-state index contributed by atoms with van der Waals surface area (Å²) in [6.07, 6.45) is 7.93. The van der Waals surface area contributed by atoms with Gasteiger partial charge in [0.2, 0.25) is 0 Å². The van der Waals surface area contributed by atoms with Crippen LogP contribution in [0.3, 0.4) is 0 Å². The van der Waals surface area contributed by atoms with E-state index in [2.05, 4.69) is 20.1 Å². The zero-order valence-electron chi connectivity index (χ0n) is 15.5. The monoisotopic (exact) mass is 354 g/mol. The molecule has 1 fully saturated rings. The second-order valence-corrected chi connectivity index (χ2v) is 7.54. The summed E-state index contributed by atoms with van der Waals surface area (Å²) in [5.41, 5.74) is 3.85. The van der Waals surface area contributed by atoms with E-state index < -0.39 is 0 Å². The van der Waals surface area contributed by atoms with E-state index >= 15 is 0 Å². The molecule has 26 heavy (non-hydrogen) atoms. The Hall–Kier alpha value is -2.28. The number of nitrogens with one attached hydrogen (secondary N) is 1. The van der Waals surface area contributed by atoms with Crippen molar-refractivity contribution in [3.63, 3.8) is 0 Å². The lowest BCUT2D eigenvalue weighted by Gasteiger charge is -2.24. The van der Waals surface area contributed by atoms with Gasteiger partial charge >= 0.3 is 0 Å². The van der Waals surface area contributed by atoms with E-state index in [0.717, 1.165) is 68.0 Å². The first-order chi connectivity index (χ1) is 12.6. The summed E-state index contributed by atoms with van der Waals surface area (Å²) < 4.78 is 0. The van der Waals surface area contributed by atoms with Crippen LogP contribution in [0.25, 0.3) is 0 Å². The van der Waals surface area contributed by atoms with Gasteiger partial charge in [0.05, 0.1) is 11.7 Å². The SMILES string of the molecule is CN(C)Cc1ccnc(C2CCCN2C(=O)c2n[nH]c3c2CCCC3)n1. The Labute approximate surface area is 153 Å². The lowest BCUT2D eigenvalue weighted by molar-refractivity contribution is 0.0722. The summed E-state index contributed by atoms with van der Waals surface area (Å²) in [5.74, 6) is 0.771. The van der Waals surface area contributed by atoms with Crippen molar-refractivity contribution in [1.82, 2.24) is 30.0 Å². The van der Waals surface area contributed by atoms with Crippen LogP contribution in [-0.4, -0.2) is 56.5 Å². The molecule has 1 aliphatic heterocycles. The van der Waals surface area contributed by atoms with Gasteiger partial charge in [0.1, 0.15) is 0 Å².